The van der Waals surface area contributed by atoms with Crippen LogP contribution in [0.25, 0.3) is 0 Å². The average molecular weight is 424 g/mol. The number of benzene rings is 2. The van der Waals surface area contributed by atoms with Crippen LogP contribution in [0, 0.1) is 0 Å². The molecule has 1 fully saturated rings. The predicted molar refractivity (Wildman–Crippen MR) is 99.1 cm³/mol. The van der Waals surface area contributed by atoms with Crippen molar-refractivity contribution in [2.24, 2.45) is 0 Å². The van der Waals surface area contributed by atoms with Gasteiger partial charge in [-0.25, -0.2) is 12.7 Å². The van der Waals surface area contributed by atoms with Crippen molar-refractivity contribution < 1.29 is 26.8 Å². The van der Waals surface area contributed by atoms with Crippen molar-refractivity contribution in [3.63, 3.8) is 0 Å². The van der Waals surface area contributed by atoms with E-state index >= 15 is 0 Å². The molecular formula is C18H14F2N2O4S2. The summed E-state index contributed by atoms with van der Waals surface area (Å²) in [5, 5.41) is 2.59. The Balaban J connectivity index is 1.55. The zero-order valence-electron chi connectivity index (χ0n) is 14.3. The summed E-state index contributed by atoms with van der Waals surface area (Å²) in [6.07, 6.45) is 1.29. The zero-order valence-corrected chi connectivity index (χ0v) is 15.9. The summed E-state index contributed by atoms with van der Waals surface area (Å²) in [6.45, 7) is 0. The molecule has 1 aliphatic carbocycles. The van der Waals surface area contributed by atoms with Gasteiger partial charge < -0.3 is 5.32 Å². The second-order valence-corrected chi connectivity index (χ2v) is 9.25. The molecule has 0 spiro atoms. The highest BCUT2D eigenvalue weighted by atomic mass is 32.2. The van der Waals surface area contributed by atoms with Crippen LogP contribution in [-0.4, -0.2) is 36.3 Å². The van der Waals surface area contributed by atoms with Crippen molar-refractivity contribution in [3.05, 3.63) is 53.6 Å². The molecule has 0 aromatic heterocycles. The van der Waals surface area contributed by atoms with Gasteiger partial charge in [0.15, 0.2) is 0 Å². The number of sulfonamides is 1. The van der Waals surface area contributed by atoms with Crippen molar-refractivity contribution in [1.82, 2.24) is 4.31 Å². The molecule has 146 valence electrons. The van der Waals surface area contributed by atoms with Gasteiger partial charge >= 0.3 is 0 Å². The molecule has 0 unspecified atom stereocenters. The first-order valence-corrected chi connectivity index (χ1v) is 10.7. The molecular weight excluding hydrogens is 410 g/mol. The van der Waals surface area contributed by atoms with E-state index in [9.17, 15) is 26.8 Å². The Kier molecular flexibility index (Phi) is 4.62. The summed E-state index contributed by atoms with van der Waals surface area (Å²) >= 11 is 0.394. The van der Waals surface area contributed by atoms with Crippen LogP contribution in [-0.2, 0) is 10.0 Å². The van der Waals surface area contributed by atoms with E-state index in [1.807, 2.05) is 0 Å². The third-order valence-corrected chi connectivity index (χ3v) is 7.03. The van der Waals surface area contributed by atoms with Crippen LogP contribution in [0.5, 0.6) is 0 Å². The van der Waals surface area contributed by atoms with Crippen LogP contribution >= 0.6 is 11.8 Å². The summed E-state index contributed by atoms with van der Waals surface area (Å²) in [6, 6.07) is 9.48. The van der Waals surface area contributed by atoms with Crippen LogP contribution in [0.15, 0.2) is 52.3 Å². The highest BCUT2D eigenvalue weighted by molar-refractivity contribution is 7.99. The maximum absolute atomic E-state index is 12.6. The lowest BCUT2D eigenvalue weighted by molar-refractivity contribution is 0.0864. The van der Waals surface area contributed by atoms with Gasteiger partial charge in [-0.1, -0.05) is 11.8 Å². The first-order valence-electron chi connectivity index (χ1n) is 8.36. The molecule has 0 saturated heterocycles. The molecule has 28 heavy (non-hydrogen) atoms. The zero-order chi connectivity index (χ0) is 20.1. The number of fused-ring (bicyclic) bond motifs is 1. The number of hydrogen-bond donors (Lipinski definition) is 1. The molecule has 0 radical (unpaired) electrons. The number of anilines is 1. The van der Waals surface area contributed by atoms with E-state index < -0.39 is 27.6 Å². The second kappa shape index (κ2) is 6.85. The van der Waals surface area contributed by atoms with Gasteiger partial charge in [0.25, 0.3) is 27.6 Å². The van der Waals surface area contributed by atoms with Gasteiger partial charge in [-0.15, -0.1) is 0 Å². The highest BCUT2D eigenvalue weighted by Gasteiger charge is 2.48. The quantitative estimate of drug-likeness (QED) is 0.742. The van der Waals surface area contributed by atoms with E-state index in [1.165, 1.54) is 42.5 Å². The fourth-order valence-electron chi connectivity index (χ4n) is 2.98. The minimum absolute atomic E-state index is 0.0665. The molecule has 2 aliphatic rings. The Morgan fingerprint density at radius 2 is 1.82 bits per heavy atom. The van der Waals surface area contributed by atoms with E-state index in [4.69, 9.17) is 0 Å². The molecule has 10 heteroatoms. The third kappa shape index (κ3) is 3.37. The smallest absolute Gasteiger partial charge is 0.288 e. The van der Waals surface area contributed by atoms with Crippen LogP contribution in [0.3, 0.4) is 0 Å². The maximum Gasteiger partial charge on any atom is 0.288 e. The summed E-state index contributed by atoms with van der Waals surface area (Å²) in [5.74, 6) is -3.66. The van der Waals surface area contributed by atoms with E-state index in [-0.39, 0.29) is 22.1 Å². The number of nitrogens with one attached hydrogen (secondary N) is 1. The fourth-order valence-corrected chi connectivity index (χ4v) is 5.32. The van der Waals surface area contributed by atoms with Crippen molar-refractivity contribution in [2.45, 2.75) is 34.4 Å². The molecule has 2 aromatic rings. The third-order valence-electron chi connectivity index (χ3n) is 4.43. The van der Waals surface area contributed by atoms with Gasteiger partial charge in [-0.3, -0.25) is 9.59 Å². The number of halogens is 2. The topological polar surface area (TPSA) is 83.6 Å². The Morgan fingerprint density at radius 3 is 2.43 bits per heavy atom. The number of amides is 2. The molecule has 1 heterocycles. The fraction of sp³-hybridized carbons (Fsp3) is 0.222. The van der Waals surface area contributed by atoms with E-state index in [0.29, 0.717) is 35.2 Å². The molecule has 6 nitrogen and oxygen atoms in total. The largest absolute Gasteiger partial charge is 0.322 e. The van der Waals surface area contributed by atoms with Crippen molar-refractivity contribution >= 4 is 39.3 Å². The number of nitrogens with zero attached hydrogens (tertiary/aromatic N) is 1. The first kappa shape index (κ1) is 18.9. The highest BCUT2D eigenvalue weighted by Crippen LogP contribution is 2.39. The molecule has 1 aliphatic heterocycles. The molecule has 1 N–H and O–H groups in total. The van der Waals surface area contributed by atoms with Gasteiger partial charge in [0.05, 0.1) is 5.56 Å². The Bertz CT molecular complexity index is 1070. The normalized spacial score (nSPS) is 17.7. The van der Waals surface area contributed by atoms with Gasteiger partial charge in [-0.2, -0.15) is 8.78 Å². The van der Waals surface area contributed by atoms with Crippen LogP contribution in [0.1, 0.15) is 33.6 Å². The lowest BCUT2D eigenvalue weighted by Crippen LogP contribution is -2.31. The summed E-state index contributed by atoms with van der Waals surface area (Å²) in [5.41, 5.74) is 0.526. The summed E-state index contributed by atoms with van der Waals surface area (Å²) < 4.78 is 50.9. The summed E-state index contributed by atoms with van der Waals surface area (Å²) in [7, 11) is -3.95. The molecule has 0 bridgehead atoms. The molecule has 4 rings (SSSR count). The number of carbonyl (C=O) groups excluding carboxylic acids is 2. The van der Waals surface area contributed by atoms with Crippen molar-refractivity contribution in [1.29, 1.82) is 0 Å². The van der Waals surface area contributed by atoms with Crippen molar-refractivity contribution in [2.75, 3.05) is 5.32 Å². The number of hydrogen-bond acceptors (Lipinski definition) is 5. The average Bonchev–Trinajstić information content (AvgIpc) is 3.44. The van der Waals surface area contributed by atoms with E-state index in [2.05, 4.69) is 5.32 Å². The van der Waals surface area contributed by atoms with Gasteiger partial charge in [0, 0.05) is 22.2 Å². The van der Waals surface area contributed by atoms with Crippen LogP contribution in [0.2, 0.25) is 0 Å². The first-order chi connectivity index (χ1) is 13.3. The minimum Gasteiger partial charge on any atom is -0.322 e. The van der Waals surface area contributed by atoms with Crippen molar-refractivity contribution in [3.8, 4) is 0 Å². The lowest BCUT2D eigenvalue weighted by atomic mass is 10.1. The number of alkyl halides is 2. The number of thioether (sulfide) groups is 1. The maximum atomic E-state index is 12.6. The van der Waals surface area contributed by atoms with Crippen LogP contribution in [0.4, 0.5) is 14.5 Å². The molecule has 0 atom stereocenters. The van der Waals surface area contributed by atoms with Crippen LogP contribution < -0.4 is 5.32 Å². The summed E-state index contributed by atoms with van der Waals surface area (Å²) in [4.78, 5) is 25.0. The van der Waals surface area contributed by atoms with Gasteiger partial charge in [-0.05, 0) is 55.3 Å². The Labute approximate surface area is 164 Å². The number of carbonyl (C=O) groups is 2. The molecule has 2 aromatic carbocycles. The Hall–Kier alpha value is -2.46. The predicted octanol–water partition coefficient (Wildman–Crippen LogP) is 3.56. The van der Waals surface area contributed by atoms with Gasteiger partial charge in [0.1, 0.15) is 4.90 Å². The Morgan fingerprint density at radius 1 is 1.14 bits per heavy atom. The SMILES string of the molecule is O=C(Nc1ccc(SC(F)F)cc1)c1ccc2c(c1)S(=O)(=O)N(C1CC1)C2=O. The van der Waals surface area contributed by atoms with Gasteiger partial charge in [0.2, 0.25) is 0 Å². The lowest BCUT2D eigenvalue weighted by Gasteiger charge is -2.13. The number of rotatable bonds is 5. The minimum atomic E-state index is -3.95. The standard InChI is InChI=1S/C18H14F2N2O4S2/c19-18(20)27-13-6-2-11(3-7-13)21-16(23)10-1-8-14-15(9-10)28(25,26)22(17(14)24)12-4-5-12/h1-3,6-9,12,18H,4-5H2,(H,21,23). The molecule has 1 saturated carbocycles. The second-order valence-electron chi connectivity index (χ2n) is 6.41. The van der Waals surface area contributed by atoms with E-state index in [0.717, 1.165) is 4.31 Å². The monoisotopic (exact) mass is 424 g/mol. The van der Waals surface area contributed by atoms with E-state index in [1.54, 1.807) is 0 Å². The molecule has 2 amide bonds.